The molecule has 1 saturated heterocycles. The van der Waals surface area contributed by atoms with Crippen LogP contribution in [0.3, 0.4) is 0 Å². The van der Waals surface area contributed by atoms with Gasteiger partial charge in [-0.1, -0.05) is 6.92 Å². The zero-order valence-corrected chi connectivity index (χ0v) is 12.5. The lowest BCUT2D eigenvalue weighted by Gasteiger charge is -2.31. The van der Waals surface area contributed by atoms with Crippen molar-refractivity contribution in [1.82, 2.24) is 30.3 Å². The molecule has 1 aliphatic rings. The van der Waals surface area contributed by atoms with Crippen LogP contribution in [0.1, 0.15) is 25.6 Å². The second-order valence-electron chi connectivity index (χ2n) is 5.52. The van der Waals surface area contributed by atoms with Gasteiger partial charge in [0.15, 0.2) is 0 Å². The Kier molecular flexibility index (Phi) is 4.49. The third-order valence-electron chi connectivity index (χ3n) is 3.97. The van der Waals surface area contributed by atoms with E-state index in [0.29, 0.717) is 6.54 Å². The molecule has 0 saturated carbocycles. The van der Waals surface area contributed by atoms with Crippen LogP contribution in [0, 0.1) is 5.92 Å². The topological polar surface area (TPSA) is 74.7 Å². The first kappa shape index (κ1) is 14.1. The van der Waals surface area contributed by atoms with E-state index < -0.39 is 0 Å². The molecule has 0 atom stereocenters. The van der Waals surface area contributed by atoms with E-state index in [1.807, 2.05) is 16.9 Å². The van der Waals surface area contributed by atoms with Gasteiger partial charge >= 0.3 is 0 Å². The molecule has 3 rings (SSSR count). The third-order valence-corrected chi connectivity index (χ3v) is 3.97. The lowest BCUT2D eigenvalue weighted by atomic mass is 9.97. The maximum atomic E-state index is 4.58. The van der Waals surface area contributed by atoms with Crippen LogP contribution in [-0.4, -0.2) is 51.1 Å². The summed E-state index contributed by atoms with van der Waals surface area (Å²) >= 11 is 0. The second kappa shape index (κ2) is 6.71. The van der Waals surface area contributed by atoms with Gasteiger partial charge in [-0.2, -0.15) is 10.1 Å². The van der Waals surface area contributed by atoms with Crippen LogP contribution >= 0.6 is 0 Å². The van der Waals surface area contributed by atoms with E-state index in [-0.39, 0.29) is 0 Å². The Labute approximate surface area is 124 Å². The zero-order chi connectivity index (χ0) is 14.5. The number of piperidine rings is 1. The minimum absolute atomic E-state index is 0.636. The lowest BCUT2D eigenvalue weighted by molar-refractivity contribution is 0.384. The van der Waals surface area contributed by atoms with Crippen LogP contribution in [0.15, 0.2) is 18.5 Å². The molecule has 0 bridgehead atoms. The molecule has 1 aliphatic heterocycles. The first-order valence-electron chi connectivity index (χ1n) is 7.69. The van der Waals surface area contributed by atoms with E-state index in [2.05, 4.69) is 37.4 Å². The first-order chi connectivity index (χ1) is 10.3. The zero-order valence-electron chi connectivity index (χ0n) is 12.5. The molecule has 7 nitrogen and oxygen atoms in total. The molecular weight excluding hydrogens is 266 g/mol. The lowest BCUT2D eigenvalue weighted by Crippen LogP contribution is -2.37. The number of hydrogen-bond donors (Lipinski definition) is 2. The van der Waals surface area contributed by atoms with Crippen LogP contribution in [0.5, 0.6) is 0 Å². The van der Waals surface area contributed by atoms with Gasteiger partial charge in [-0.25, -0.2) is 0 Å². The quantitative estimate of drug-likeness (QED) is 0.825. The predicted molar refractivity (Wildman–Crippen MR) is 81.2 cm³/mol. The highest BCUT2D eigenvalue weighted by atomic mass is 15.4. The maximum absolute atomic E-state index is 4.58. The fourth-order valence-electron chi connectivity index (χ4n) is 2.73. The van der Waals surface area contributed by atoms with Gasteiger partial charge in [0, 0.05) is 25.5 Å². The summed E-state index contributed by atoms with van der Waals surface area (Å²) in [6, 6.07) is 1.91. The van der Waals surface area contributed by atoms with E-state index in [9.17, 15) is 0 Å². The Morgan fingerprint density at radius 1 is 1.38 bits per heavy atom. The van der Waals surface area contributed by atoms with Gasteiger partial charge in [-0.05, 0) is 37.9 Å². The van der Waals surface area contributed by atoms with Crippen LogP contribution in [0.4, 0.5) is 5.95 Å². The van der Waals surface area contributed by atoms with Crippen molar-refractivity contribution in [2.75, 3.05) is 31.1 Å². The summed E-state index contributed by atoms with van der Waals surface area (Å²) in [5.74, 6) is 2.45. The number of anilines is 1. The van der Waals surface area contributed by atoms with Crippen molar-refractivity contribution in [3.8, 4) is 0 Å². The molecule has 0 aliphatic carbocycles. The van der Waals surface area contributed by atoms with Gasteiger partial charge in [0.2, 0.25) is 5.95 Å². The van der Waals surface area contributed by atoms with Gasteiger partial charge < -0.3 is 10.2 Å². The molecule has 3 heterocycles. The molecule has 0 unspecified atom stereocenters. The smallest absolute Gasteiger partial charge is 0.244 e. The average Bonchev–Trinajstić information content (AvgIpc) is 3.18. The average molecular weight is 289 g/mol. The standard InChI is InChI=1S/C14H23N7/c1-2-15-10-12-4-8-20(9-5-12)14-17-13(18-19-14)11-21-7-3-6-16-21/h3,6-7,12,15H,2,4-5,8-11H2,1H3,(H,17,18,19). The van der Waals surface area contributed by atoms with Gasteiger partial charge in [0.25, 0.3) is 0 Å². The van der Waals surface area contributed by atoms with E-state index in [4.69, 9.17) is 0 Å². The molecule has 0 amide bonds. The Hall–Kier alpha value is -1.89. The molecule has 2 aromatic rings. The summed E-state index contributed by atoms with van der Waals surface area (Å²) in [5, 5.41) is 15.0. The molecular formula is C14H23N7. The number of nitrogens with zero attached hydrogens (tertiary/aromatic N) is 5. The predicted octanol–water partition coefficient (Wildman–Crippen LogP) is 0.875. The number of H-pyrrole nitrogens is 1. The molecule has 0 aromatic carbocycles. The molecule has 2 aromatic heterocycles. The molecule has 1 fully saturated rings. The van der Waals surface area contributed by atoms with Crippen LogP contribution in [0.2, 0.25) is 0 Å². The summed E-state index contributed by atoms with van der Waals surface area (Å²) in [7, 11) is 0. The van der Waals surface area contributed by atoms with Crippen molar-refractivity contribution in [1.29, 1.82) is 0 Å². The summed E-state index contributed by atoms with van der Waals surface area (Å²) in [6.45, 7) is 7.05. The molecule has 114 valence electrons. The number of aromatic nitrogens is 5. The highest BCUT2D eigenvalue weighted by Crippen LogP contribution is 2.20. The number of hydrogen-bond acceptors (Lipinski definition) is 5. The Morgan fingerprint density at radius 2 is 2.24 bits per heavy atom. The minimum Gasteiger partial charge on any atom is -0.340 e. The van der Waals surface area contributed by atoms with Gasteiger partial charge in [0.05, 0.1) is 0 Å². The summed E-state index contributed by atoms with van der Waals surface area (Å²) < 4.78 is 1.84. The largest absolute Gasteiger partial charge is 0.340 e. The minimum atomic E-state index is 0.636. The second-order valence-corrected chi connectivity index (χ2v) is 5.52. The van der Waals surface area contributed by atoms with Crippen molar-refractivity contribution < 1.29 is 0 Å². The van der Waals surface area contributed by atoms with Gasteiger partial charge in [-0.15, -0.1) is 5.10 Å². The van der Waals surface area contributed by atoms with Crippen molar-refractivity contribution >= 4 is 5.95 Å². The summed E-state index contributed by atoms with van der Waals surface area (Å²) in [6.07, 6.45) is 6.10. The highest BCUT2D eigenvalue weighted by Gasteiger charge is 2.21. The Morgan fingerprint density at radius 3 is 2.95 bits per heavy atom. The van der Waals surface area contributed by atoms with E-state index in [1.165, 1.54) is 12.8 Å². The normalized spacial score (nSPS) is 16.5. The molecule has 21 heavy (non-hydrogen) atoms. The van der Waals surface area contributed by atoms with Crippen molar-refractivity contribution in [2.45, 2.75) is 26.3 Å². The van der Waals surface area contributed by atoms with Gasteiger partial charge in [-0.3, -0.25) is 9.78 Å². The van der Waals surface area contributed by atoms with Crippen LogP contribution in [0.25, 0.3) is 0 Å². The van der Waals surface area contributed by atoms with Gasteiger partial charge in [0.1, 0.15) is 12.4 Å². The summed E-state index contributed by atoms with van der Waals surface area (Å²) in [4.78, 5) is 6.85. The fourth-order valence-corrected chi connectivity index (χ4v) is 2.73. The molecule has 2 N–H and O–H groups in total. The molecule has 0 radical (unpaired) electrons. The summed E-state index contributed by atoms with van der Waals surface area (Å²) in [5.41, 5.74) is 0. The van der Waals surface area contributed by atoms with Crippen molar-refractivity contribution in [3.63, 3.8) is 0 Å². The van der Waals surface area contributed by atoms with Crippen LogP contribution in [-0.2, 0) is 6.54 Å². The monoisotopic (exact) mass is 289 g/mol. The molecule has 0 spiro atoms. The Balaban J connectivity index is 1.53. The van der Waals surface area contributed by atoms with Crippen molar-refractivity contribution in [3.05, 3.63) is 24.3 Å². The molecule has 7 heteroatoms. The van der Waals surface area contributed by atoms with Crippen molar-refractivity contribution in [2.24, 2.45) is 5.92 Å². The van der Waals surface area contributed by atoms with E-state index >= 15 is 0 Å². The first-order valence-corrected chi connectivity index (χ1v) is 7.69. The van der Waals surface area contributed by atoms with E-state index in [0.717, 1.165) is 43.9 Å². The van der Waals surface area contributed by atoms with Crippen LogP contribution < -0.4 is 10.2 Å². The number of aromatic amines is 1. The highest BCUT2D eigenvalue weighted by molar-refractivity contribution is 5.29. The SMILES string of the molecule is CCNCC1CCN(c2n[nH]c(Cn3cccn3)n2)CC1. The fraction of sp³-hybridized carbons (Fsp3) is 0.643. The maximum Gasteiger partial charge on any atom is 0.244 e. The number of rotatable bonds is 6. The number of nitrogens with one attached hydrogen (secondary N) is 2. The van der Waals surface area contributed by atoms with E-state index in [1.54, 1.807) is 6.20 Å². The Bertz CT molecular complexity index is 525. The third kappa shape index (κ3) is 3.60.